The first-order valence-corrected chi connectivity index (χ1v) is 7.35. The number of hydrogen-bond acceptors (Lipinski definition) is 4. The van der Waals surface area contributed by atoms with Crippen LogP contribution in [0.15, 0.2) is 54.6 Å². The highest BCUT2D eigenvalue weighted by atomic mass is 35.5. The van der Waals surface area contributed by atoms with E-state index in [1.807, 2.05) is 6.07 Å². The maximum absolute atomic E-state index is 12.0. The summed E-state index contributed by atoms with van der Waals surface area (Å²) in [5.41, 5.74) is 4.48. The Morgan fingerprint density at radius 2 is 1.50 bits per heavy atom. The molecule has 0 aliphatic carbocycles. The SMILES string of the molecule is Cl.NNc1ccc(CS(=O)(=O)Nc2ccccc2)cc1. The molecule has 0 saturated heterocycles. The van der Waals surface area contributed by atoms with Gasteiger partial charge in [0.2, 0.25) is 10.0 Å². The number of halogens is 1. The highest BCUT2D eigenvalue weighted by molar-refractivity contribution is 7.91. The summed E-state index contributed by atoms with van der Waals surface area (Å²) in [5.74, 6) is 5.17. The van der Waals surface area contributed by atoms with E-state index in [0.717, 1.165) is 5.69 Å². The minimum Gasteiger partial charge on any atom is -0.324 e. The first kappa shape index (κ1) is 16.3. The van der Waals surface area contributed by atoms with Crippen LogP contribution in [0.4, 0.5) is 11.4 Å². The number of hydrazine groups is 1. The zero-order valence-electron chi connectivity index (χ0n) is 10.6. The number of nitrogen functional groups attached to an aromatic ring is 1. The second-order valence-corrected chi connectivity index (χ2v) is 5.79. The average Bonchev–Trinajstić information content (AvgIpc) is 2.39. The molecule has 0 aromatic heterocycles. The van der Waals surface area contributed by atoms with E-state index in [1.165, 1.54) is 0 Å². The topological polar surface area (TPSA) is 84.2 Å². The lowest BCUT2D eigenvalue weighted by atomic mass is 10.2. The third-order valence-corrected chi connectivity index (χ3v) is 3.78. The van der Waals surface area contributed by atoms with Gasteiger partial charge in [-0.1, -0.05) is 30.3 Å². The largest absolute Gasteiger partial charge is 0.324 e. The maximum atomic E-state index is 12.0. The predicted molar refractivity (Wildman–Crippen MR) is 84.2 cm³/mol. The van der Waals surface area contributed by atoms with Gasteiger partial charge < -0.3 is 5.43 Å². The standard InChI is InChI=1S/C13H15N3O2S.ClH/c14-15-12-8-6-11(7-9-12)10-19(17,18)16-13-4-2-1-3-5-13;/h1-9,15-16H,10,14H2;1H. The van der Waals surface area contributed by atoms with Crippen LogP contribution in [0.3, 0.4) is 0 Å². The number of hydrogen-bond donors (Lipinski definition) is 3. The van der Waals surface area contributed by atoms with Crippen molar-refractivity contribution in [2.45, 2.75) is 5.75 Å². The summed E-state index contributed by atoms with van der Waals surface area (Å²) in [4.78, 5) is 0. The van der Waals surface area contributed by atoms with Crippen molar-refractivity contribution in [2.75, 3.05) is 10.1 Å². The van der Waals surface area contributed by atoms with Crippen LogP contribution in [-0.4, -0.2) is 8.42 Å². The van der Waals surface area contributed by atoms with E-state index in [2.05, 4.69) is 10.1 Å². The van der Waals surface area contributed by atoms with Gasteiger partial charge in [0.15, 0.2) is 0 Å². The molecular weight excluding hydrogens is 298 g/mol. The zero-order valence-corrected chi connectivity index (χ0v) is 12.2. The molecule has 2 rings (SSSR count). The molecule has 0 radical (unpaired) electrons. The molecule has 2 aromatic carbocycles. The van der Waals surface area contributed by atoms with Crippen LogP contribution in [0.1, 0.15) is 5.56 Å². The number of rotatable bonds is 5. The lowest BCUT2D eigenvalue weighted by molar-refractivity contribution is 0.600. The Kier molecular flexibility index (Phi) is 5.82. The molecule has 0 spiro atoms. The molecule has 0 unspecified atom stereocenters. The fraction of sp³-hybridized carbons (Fsp3) is 0.0769. The molecular formula is C13H16ClN3O2S. The molecule has 0 aliphatic rings. The fourth-order valence-electron chi connectivity index (χ4n) is 1.64. The summed E-state index contributed by atoms with van der Waals surface area (Å²) in [7, 11) is -3.41. The lowest BCUT2D eigenvalue weighted by Crippen LogP contribution is -2.15. The van der Waals surface area contributed by atoms with Crippen molar-refractivity contribution in [1.29, 1.82) is 0 Å². The first-order chi connectivity index (χ1) is 9.09. The highest BCUT2D eigenvalue weighted by Crippen LogP contribution is 2.14. The summed E-state index contributed by atoms with van der Waals surface area (Å²) in [6.45, 7) is 0. The van der Waals surface area contributed by atoms with E-state index >= 15 is 0 Å². The Hall–Kier alpha value is -1.76. The van der Waals surface area contributed by atoms with Gasteiger partial charge in [0, 0.05) is 11.4 Å². The third-order valence-electron chi connectivity index (χ3n) is 2.52. The van der Waals surface area contributed by atoms with Crippen molar-refractivity contribution in [2.24, 2.45) is 5.84 Å². The first-order valence-electron chi connectivity index (χ1n) is 5.70. The van der Waals surface area contributed by atoms with Crippen LogP contribution in [-0.2, 0) is 15.8 Å². The van der Waals surface area contributed by atoms with Gasteiger partial charge in [0.1, 0.15) is 0 Å². The summed E-state index contributed by atoms with van der Waals surface area (Å²) >= 11 is 0. The number of benzene rings is 2. The maximum Gasteiger partial charge on any atom is 0.236 e. The number of anilines is 2. The molecule has 7 heteroatoms. The Labute approximate surface area is 124 Å². The molecule has 0 fully saturated rings. The van der Waals surface area contributed by atoms with Crippen LogP contribution in [0.25, 0.3) is 0 Å². The number of para-hydroxylation sites is 1. The minimum absolute atomic E-state index is 0. The van der Waals surface area contributed by atoms with Crippen molar-refractivity contribution < 1.29 is 8.42 Å². The molecule has 0 aliphatic heterocycles. The Morgan fingerprint density at radius 1 is 0.900 bits per heavy atom. The smallest absolute Gasteiger partial charge is 0.236 e. The Balaban J connectivity index is 0.00000200. The third kappa shape index (κ3) is 4.73. The molecule has 20 heavy (non-hydrogen) atoms. The summed E-state index contributed by atoms with van der Waals surface area (Å²) in [5, 5.41) is 0. The van der Waals surface area contributed by atoms with Crippen LogP contribution >= 0.6 is 12.4 Å². The normalized spacial score (nSPS) is 10.4. The van der Waals surface area contributed by atoms with Crippen molar-refractivity contribution in [3.63, 3.8) is 0 Å². The van der Waals surface area contributed by atoms with E-state index in [4.69, 9.17) is 5.84 Å². The molecule has 0 bridgehead atoms. The van der Waals surface area contributed by atoms with E-state index in [0.29, 0.717) is 11.3 Å². The van der Waals surface area contributed by atoms with Crippen molar-refractivity contribution >= 4 is 33.8 Å². The van der Waals surface area contributed by atoms with Gasteiger partial charge in [0.25, 0.3) is 0 Å². The van der Waals surface area contributed by atoms with E-state index in [1.54, 1.807) is 48.5 Å². The van der Waals surface area contributed by atoms with Crippen LogP contribution in [0, 0.1) is 0 Å². The molecule has 2 aromatic rings. The van der Waals surface area contributed by atoms with E-state index in [-0.39, 0.29) is 18.2 Å². The fourth-order valence-corrected chi connectivity index (χ4v) is 2.84. The molecule has 0 saturated carbocycles. The zero-order chi connectivity index (χ0) is 13.7. The van der Waals surface area contributed by atoms with E-state index < -0.39 is 10.0 Å². The van der Waals surface area contributed by atoms with Gasteiger partial charge in [-0.15, -0.1) is 12.4 Å². The quantitative estimate of drug-likeness (QED) is 0.584. The second-order valence-electron chi connectivity index (χ2n) is 4.07. The predicted octanol–water partition coefficient (Wildman–Crippen LogP) is 2.34. The highest BCUT2D eigenvalue weighted by Gasteiger charge is 2.11. The monoisotopic (exact) mass is 313 g/mol. The van der Waals surface area contributed by atoms with Crippen LogP contribution in [0.2, 0.25) is 0 Å². The number of nitrogens with two attached hydrogens (primary N) is 1. The van der Waals surface area contributed by atoms with Crippen LogP contribution < -0.4 is 16.0 Å². The molecule has 0 heterocycles. The van der Waals surface area contributed by atoms with Gasteiger partial charge in [0.05, 0.1) is 5.75 Å². The van der Waals surface area contributed by atoms with Gasteiger partial charge >= 0.3 is 0 Å². The number of nitrogens with one attached hydrogen (secondary N) is 2. The molecule has 0 atom stereocenters. The molecule has 108 valence electrons. The molecule has 0 amide bonds. The summed E-state index contributed by atoms with van der Waals surface area (Å²) in [6, 6.07) is 15.7. The van der Waals surface area contributed by atoms with Gasteiger partial charge in [-0.05, 0) is 29.8 Å². The summed E-state index contributed by atoms with van der Waals surface area (Å²) in [6.07, 6.45) is 0. The van der Waals surface area contributed by atoms with E-state index in [9.17, 15) is 8.42 Å². The van der Waals surface area contributed by atoms with Crippen molar-refractivity contribution in [1.82, 2.24) is 0 Å². The molecule has 5 nitrogen and oxygen atoms in total. The summed E-state index contributed by atoms with van der Waals surface area (Å²) < 4.78 is 26.5. The van der Waals surface area contributed by atoms with Crippen molar-refractivity contribution in [3.8, 4) is 0 Å². The van der Waals surface area contributed by atoms with Gasteiger partial charge in [-0.2, -0.15) is 0 Å². The van der Waals surface area contributed by atoms with Gasteiger partial charge in [-0.3, -0.25) is 10.6 Å². The lowest BCUT2D eigenvalue weighted by Gasteiger charge is -2.08. The minimum atomic E-state index is -3.41. The molecule has 4 N–H and O–H groups in total. The number of sulfonamides is 1. The van der Waals surface area contributed by atoms with Crippen molar-refractivity contribution in [3.05, 3.63) is 60.2 Å². The second kappa shape index (κ2) is 7.14. The van der Waals surface area contributed by atoms with Crippen LogP contribution in [0.5, 0.6) is 0 Å². The van der Waals surface area contributed by atoms with Gasteiger partial charge in [-0.25, -0.2) is 8.42 Å². The Bertz CT molecular complexity index is 630. The average molecular weight is 314 g/mol. The Morgan fingerprint density at radius 3 is 2.05 bits per heavy atom.